The zero-order valence-corrected chi connectivity index (χ0v) is 9.58. The third-order valence-corrected chi connectivity index (χ3v) is 4.02. The topological polar surface area (TPSA) is 17.1 Å². The number of thiophene rings is 1. The largest absolute Gasteiger partial charge is 0.297 e. The van der Waals surface area contributed by atoms with Crippen LogP contribution in [-0.2, 0) is 0 Å². The summed E-state index contributed by atoms with van der Waals surface area (Å²) in [7, 11) is 0. The average molecular weight is 256 g/mol. The number of carbonyl (C=O) groups excluding carboxylic acids is 1. The van der Waals surface area contributed by atoms with Gasteiger partial charge in [-0.1, -0.05) is 11.8 Å². The van der Waals surface area contributed by atoms with E-state index >= 15 is 0 Å². The molecule has 1 nitrogen and oxygen atoms in total. The van der Waals surface area contributed by atoms with Gasteiger partial charge in [-0.3, -0.25) is 4.79 Å². The lowest BCUT2D eigenvalue weighted by atomic mass is 10.3. The van der Waals surface area contributed by atoms with E-state index in [1.807, 2.05) is 0 Å². The van der Waals surface area contributed by atoms with E-state index in [0.29, 0.717) is 9.77 Å². The van der Waals surface area contributed by atoms with E-state index in [1.165, 1.54) is 35.2 Å². The molecule has 0 aliphatic carbocycles. The maximum Gasteiger partial charge on any atom is 0.160 e. The highest BCUT2D eigenvalue weighted by Gasteiger charge is 2.07. The smallest absolute Gasteiger partial charge is 0.160 e. The van der Waals surface area contributed by atoms with Crippen LogP contribution in [0.25, 0.3) is 0 Å². The van der Waals surface area contributed by atoms with Crippen LogP contribution in [0, 0.1) is 11.6 Å². The molecular weight excluding hydrogens is 250 g/mol. The molecule has 0 saturated carbocycles. The van der Waals surface area contributed by atoms with Crippen LogP contribution in [0.1, 0.15) is 9.67 Å². The molecule has 0 fully saturated rings. The summed E-state index contributed by atoms with van der Waals surface area (Å²) in [5.41, 5.74) is 0. The van der Waals surface area contributed by atoms with Crippen molar-refractivity contribution < 1.29 is 13.6 Å². The lowest BCUT2D eigenvalue weighted by Gasteiger charge is -2.00. The molecule has 1 aromatic heterocycles. The van der Waals surface area contributed by atoms with Crippen molar-refractivity contribution in [2.24, 2.45) is 0 Å². The van der Waals surface area contributed by atoms with Gasteiger partial charge in [0.2, 0.25) is 0 Å². The predicted octanol–water partition coefficient (Wildman–Crippen LogP) is 3.99. The molecule has 0 atom stereocenters. The Morgan fingerprint density at radius 2 is 2.00 bits per heavy atom. The van der Waals surface area contributed by atoms with Crippen LogP contribution in [0.4, 0.5) is 8.78 Å². The van der Waals surface area contributed by atoms with Gasteiger partial charge >= 0.3 is 0 Å². The third-order valence-electron chi connectivity index (χ3n) is 1.82. The average Bonchev–Trinajstić information content (AvgIpc) is 2.70. The minimum Gasteiger partial charge on any atom is -0.297 e. The monoisotopic (exact) mass is 256 g/mol. The van der Waals surface area contributed by atoms with E-state index in [4.69, 9.17) is 0 Å². The highest BCUT2D eigenvalue weighted by molar-refractivity contribution is 8.01. The van der Waals surface area contributed by atoms with Crippen molar-refractivity contribution in [3.05, 3.63) is 46.8 Å². The third kappa shape index (κ3) is 2.48. The first-order valence-electron chi connectivity index (χ1n) is 4.37. The van der Waals surface area contributed by atoms with Gasteiger partial charge in [-0.05, 0) is 24.3 Å². The van der Waals surface area contributed by atoms with Crippen molar-refractivity contribution >= 4 is 29.4 Å². The number of halogens is 2. The van der Waals surface area contributed by atoms with E-state index in [9.17, 15) is 13.6 Å². The van der Waals surface area contributed by atoms with E-state index in [2.05, 4.69) is 0 Å². The molecule has 82 valence electrons. The summed E-state index contributed by atoms with van der Waals surface area (Å²) in [4.78, 5) is 11.4. The fourth-order valence-corrected chi connectivity index (χ4v) is 3.04. The van der Waals surface area contributed by atoms with Crippen LogP contribution in [0.2, 0.25) is 0 Å². The number of hydrogen-bond donors (Lipinski definition) is 0. The first kappa shape index (κ1) is 11.3. The van der Waals surface area contributed by atoms with Gasteiger partial charge in [-0.2, -0.15) is 0 Å². The van der Waals surface area contributed by atoms with Gasteiger partial charge < -0.3 is 0 Å². The van der Waals surface area contributed by atoms with Crippen molar-refractivity contribution in [2.75, 3.05) is 0 Å². The molecule has 1 aromatic carbocycles. The fourth-order valence-electron chi connectivity index (χ4n) is 1.12. The normalized spacial score (nSPS) is 10.4. The Labute approximate surface area is 99.1 Å². The number of hydrogen-bond acceptors (Lipinski definition) is 3. The predicted molar refractivity (Wildman–Crippen MR) is 60.2 cm³/mol. The van der Waals surface area contributed by atoms with Gasteiger partial charge in [0, 0.05) is 11.0 Å². The second-order valence-corrected chi connectivity index (χ2v) is 5.41. The van der Waals surface area contributed by atoms with Crippen molar-refractivity contribution in [3.8, 4) is 0 Å². The lowest BCUT2D eigenvalue weighted by molar-refractivity contribution is 0.112. The van der Waals surface area contributed by atoms with E-state index in [0.717, 1.165) is 16.6 Å². The first-order chi connectivity index (χ1) is 7.69. The van der Waals surface area contributed by atoms with Gasteiger partial charge in [0.05, 0.1) is 9.09 Å². The van der Waals surface area contributed by atoms with Gasteiger partial charge in [-0.25, -0.2) is 8.78 Å². The van der Waals surface area contributed by atoms with Crippen LogP contribution in [0.5, 0.6) is 0 Å². The number of carbonyl (C=O) groups is 1. The lowest BCUT2D eigenvalue weighted by Crippen LogP contribution is -1.82. The zero-order valence-electron chi connectivity index (χ0n) is 7.94. The van der Waals surface area contributed by atoms with Gasteiger partial charge in [0.15, 0.2) is 6.29 Å². The van der Waals surface area contributed by atoms with E-state index in [-0.39, 0.29) is 0 Å². The Kier molecular flexibility index (Phi) is 3.36. The Morgan fingerprint density at radius 3 is 2.62 bits per heavy atom. The second-order valence-electron chi connectivity index (χ2n) is 2.95. The summed E-state index contributed by atoms with van der Waals surface area (Å²) in [6.45, 7) is 0. The quantitative estimate of drug-likeness (QED) is 0.772. The summed E-state index contributed by atoms with van der Waals surface area (Å²) >= 11 is 2.45. The molecule has 0 aliphatic heterocycles. The van der Waals surface area contributed by atoms with Crippen LogP contribution in [0.3, 0.4) is 0 Å². The minimum atomic E-state index is -0.596. The molecule has 0 amide bonds. The Bertz CT molecular complexity index is 522. The summed E-state index contributed by atoms with van der Waals surface area (Å²) in [5, 5.41) is 0. The molecule has 0 saturated heterocycles. The molecule has 0 bridgehead atoms. The molecule has 0 unspecified atom stereocenters. The van der Waals surface area contributed by atoms with Crippen molar-refractivity contribution in [1.29, 1.82) is 0 Å². The fraction of sp³-hybridized carbons (Fsp3) is 0. The van der Waals surface area contributed by atoms with Crippen LogP contribution in [-0.4, -0.2) is 6.29 Å². The Morgan fingerprint density at radius 1 is 1.19 bits per heavy atom. The molecule has 0 spiro atoms. The summed E-state index contributed by atoms with van der Waals surface area (Å²) < 4.78 is 26.7. The van der Waals surface area contributed by atoms with Crippen molar-refractivity contribution in [1.82, 2.24) is 0 Å². The summed E-state index contributed by atoms with van der Waals surface area (Å²) in [5.74, 6) is -1.19. The summed E-state index contributed by atoms with van der Waals surface area (Å²) in [6, 6.07) is 6.84. The van der Waals surface area contributed by atoms with E-state index in [1.54, 1.807) is 12.1 Å². The molecule has 0 N–H and O–H groups in total. The van der Waals surface area contributed by atoms with E-state index < -0.39 is 11.6 Å². The SMILES string of the molecule is O=Cc1ccc(Sc2ccc(F)cc2F)s1. The molecule has 16 heavy (non-hydrogen) atoms. The van der Waals surface area contributed by atoms with Gasteiger partial charge in [0.1, 0.15) is 11.6 Å². The van der Waals surface area contributed by atoms with Crippen molar-refractivity contribution in [3.63, 3.8) is 0 Å². The number of aldehydes is 1. The molecule has 0 radical (unpaired) electrons. The molecule has 5 heteroatoms. The summed E-state index contributed by atoms with van der Waals surface area (Å²) in [6.07, 6.45) is 0.746. The van der Waals surface area contributed by atoms with Crippen LogP contribution in [0.15, 0.2) is 39.4 Å². The zero-order chi connectivity index (χ0) is 11.5. The van der Waals surface area contributed by atoms with Crippen molar-refractivity contribution in [2.45, 2.75) is 9.10 Å². The van der Waals surface area contributed by atoms with Crippen LogP contribution >= 0.6 is 23.1 Å². The Hall–Kier alpha value is -1.20. The van der Waals surface area contributed by atoms with Gasteiger partial charge in [-0.15, -0.1) is 11.3 Å². The highest BCUT2D eigenvalue weighted by atomic mass is 32.2. The maximum absolute atomic E-state index is 13.3. The van der Waals surface area contributed by atoms with Gasteiger partial charge in [0.25, 0.3) is 0 Å². The second kappa shape index (κ2) is 4.76. The molecule has 2 aromatic rings. The standard InChI is InChI=1S/C11H6F2OS2/c12-7-1-3-10(9(13)5-7)16-11-4-2-8(6-14)15-11/h1-6H. The Balaban J connectivity index is 2.23. The highest BCUT2D eigenvalue weighted by Crippen LogP contribution is 2.34. The molecule has 0 aliphatic rings. The van der Waals surface area contributed by atoms with Crippen LogP contribution < -0.4 is 0 Å². The maximum atomic E-state index is 13.3. The molecule has 1 heterocycles. The first-order valence-corrected chi connectivity index (χ1v) is 6.00. The number of benzene rings is 1. The minimum absolute atomic E-state index is 0.348. The molecule has 2 rings (SSSR count). The molecular formula is C11H6F2OS2. The number of rotatable bonds is 3.